The Kier molecular flexibility index (Phi) is 6.63. The van der Waals surface area contributed by atoms with Crippen molar-refractivity contribution in [1.29, 1.82) is 0 Å². The van der Waals surface area contributed by atoms with Crippen LogP contribution in [0.3, 0.4) is 0 Å². The van der Waals surface area contributed by atoms with Crippen LogP contribution in [-0.4, -0.2) is 35.8 Å². The minimum absolute atomic E-state index is 0.155. The number of carbonyl (C=O) groups excluding carboxylic acids is 1. The zero-order valence-corrected chi connectivity index (χ0v) is 18.6. The maximum Gasteiger partial charge on any atom is 0.348 e. The molecule has 2 aromatic carbocycles. The third-order valence-corrected chi connectivity index (χ3v) is 6.03. The van der Waals surface area contributed by atoms with E-state index in [9.17, 15) is 9.59 Å². The number of hydrogen-bond acceptors (Lipinski definition) is 7. The van der Waals surface area contributed by atoms with Gasteiger partial charge in [0.25, 0.3) is 5.56 Å². The predicted molar refractivity (Wildman–Crippen MR) is 123 cm³/mol. The summed E-state index contributed by atoms with van der Waals surface area (Å²) in [7, 11) is 1.54. The second kappa shape index (κ2) is 9.76. The molecule has 0 aliphatic heterocycles. The largest absolute Gasteiger partial charge is 0.459 e. The van der Waals surface area contributed by atoms with Gasteiger partial charge in [0, 0.05) is 7.11 Å². The maximum atomic E-state index is 13.2. The van der Waals surface area contributed by atoms with Crippen molar-refractivity contribution >= 4 is 27.5 Å². The zero-order valence-electron chi connectivity index (χ0n) is 17.7. The molecule has 0 amide bonds. The molecule has 0 radical (unpaired) electrons. The lowest BCUT2D eigenvalue weighted by Gasteiger charge is -2.09. The SMILES string of the molecule is COCCOC(=O)c1sc2ncn(Cc3cccc(Oc4ccccc4)c3)c(=O)c2c1C. The normalized spacial score (nSPS) is 10.9. The molecule has 8 heteroatoms. The quantitative estimate of drug-likeness (QED) is 0.292. The molecule has 0 fully saturated rings. The second-order valence-electron chi connectivity index (χ2n) is 7.11. The molecule has 0 aliphatic rings. The Morgan fingerprint density at radius 1 is 1.06 bits per heavy atom. The summed E-state index contributed by atoms with van der Waals surface area (Å²) in [6.45, 7) is 2.54. The molecule has 0 bridgehead atoms. The summed E-state index contributed by atoms with van der Waals surface area (Å²) in [5.74, 6) is 0.951. The maximum absolute atomic E-state index is 13.2. The molecule has 2 heterocycles. The van der Waals surface area contributed by atoms with Crippen LogP contribution in [0.25, 0.3) is 10.2 Å². The number of aryl methyl sites for hydroxylation is 1. The van der Waals surface area contributed by atoms with Gasteiger partial charge in [-0.2, -0.15) is 0 Å². The van der Waals surface area contributed by atoms with Gasteiger partial charge in [0.2, 0.25) is 0 Å². The number of hydrogen-bond donors (Lipinski definition) is 0. The Labute approximate surface area is 188 Å². The van der Waals surface area contributed by atoms with Gasteiger partial charge < -0.3 is 14.2 Å². The number of para-hydroxylation sites is 1. The number of aromatic nitrogens is 2. The van der Waals surface area contributed by atoms with Gasteiger partial charge in [-0.05, 0) is 42.3 Å². The number of esters is 1. The molecule has 0 saturated carbocycles. The summed E-state index contributed by atoms with van der Waals surface area (Å²) in [5.41, 5.74) is 1.28. The summed E-state index contributed by atoms with van der Waals surface area (Å²) in [6.07, 6.45) is 1.51. The fourth-order valence-corrected chi connectivity index (χ4v) is 4.31. The lowest BCUT2D eigenvalue weighted by molar-refractivity contribution is 0.0393. The van der Waals surface area contributed by atoms with Crippen molar-refractivity contribution in [2.75, 3.05) is 20.3 Å². The highest BCUT2D eigenvalue weighted by molar-refractivity contribution is 7.20. The van der Waals surface area contributed by atoms with E-state index in [1.54, 1.807) is 6.92 Å². The van der Waals surface area contributed by atoms with E-state index in [1.807, 2.05) is 54.6 Å². The van der Waals surface area contributed by atoms with Gasteiger partial charge in [-0.1, -0.05) is 30.3 Å². The third kappa shape index (κ3) is 4.71. The van der Waals surface area contributed by atoms with Gasteiger partial charge in [-0.25, -0.2) is 9.78 Å². The van der Waals surface area contributed by atoms with Gasteiger partial charge in [0.1, 0.15) is 27.8 Å². The number of fused-ring (bicyclic) bond motifs is 1. The summed E-state index contributed by atoms with van der Waals surface area (Å²) < 4.78 is 17.5. The number of rotatable bonds is 8. The minimum atomic E-state index is -0.473. The molecular weight excluding hydrogens is 428 g/mol. The number of methoxy groups -OCH3 is 1. The average Bonchev–Trinajstić information content (AvgIpc) is 3.14. The molecule has 7 nitrogen and oxygen atoms in total. The summed E-state index contributed by atoms with van der Waals surface area (Å²) >= 11 is 1.16. The van der Waals surface area contributed by atoms with Crippen LogP contribution in [0.5, 0.6) is 11.5 Å². The van der Waals surface area contributed by atoms with Crippen molar-refractivity contribution in [2.24, 2.45) is 0 Å². The van der Waals surface area contributed by atoms with Crippen LogP contribution in [0, 0.1) is 6.92 Å². The van der Waals surface area contributed by atoms with Crippen LogP contribution in [-0.2, 0) is 16.0 Å². The highest BCUT2D eigenvalue weighted by Crippen LogP contribution is 2.28. The Balaban J connectivity index is 1.58. The van der Waals surface area contributed by atoms with Crippen LogP contribution >= 0.6 is 11.3 Å². The molecule has 32 heavy (non-hydrogen) atoms. The number of nitrogens with zero attached hydrogens (tertiary/aromatic N) is 2. The standard InChI is InChI=1S/C24H22N2O5S/c1-16-20-22(32-21(16)24(28)30-12-11-29-2)25-15-26(23(20)27)14-17-7-6-10-19(13-17)31-18-8-4-3-5-9-18/h3-10,13,15H,11-12,14H2,1-2H3. The van der Waals surface area contributed by atoms with Gasteiger partial charge in [0.05, 0.1) is 24.9 Å². The Morgan fingerprint density at radius 3 is 2.62 bits per heavy atom. The van der Waals surface area contributed by atoms with Crippen molar-refractivity contribution in [1.82, 2.24) is 9.55 Å². The van der Waals surface area contributed by atoms with Crippen LogP contribution in [0.1, 0.15) is 20.8 Å². The molecule has 4 rings (SSSR count). The van der Waals surface area contributed by atoms with E-state index in [-0.39, 0.29) is 12.2 Å². The molecule has 0 spiro atoms. The van der Waals surface area contributed by atoms with E-state index < -0.39 is 5.97 Å². The first-order chi connectivity index (χ1) is 15.6. The average molecular weight is 451 g/mol. The van der Waals surface area contributed by atoms with Crippen LogP contribution < -0.4 is 10.3 Å². The lowest BCUT2D eigenvalue weighted by atomic mass is 10.2. The van der Waals surface area contributed by atoms with E-state index in [0.29, 0.717) is 39.6 Å². The Bertz CT molecular complexity index is 1300. The topological polar surface area (TPSA) is 79.7 Å². The van der Waals surface area contributed by atoms with Gasteiger partial charge in [0.15, 0.2) is 0 Å². The third-order valence-electron chi connectivity index (χ3n) is 4.85. The fraction of sp³-hybridized carbons (Fsp3) is 0.208. The molecule has 4 aromatic rings. The first-order valence-electron chi connectivity index (χ1n) is 10.0. The molecule has 0 unspecified atom stereocenters. The van der Waals surface area contributed by atoms with Crippen LogP contribution in [0.2, 0.25) is 0 Å². The Hall–Kier alpha value is -3.49. The minimum Gasteiger partial charge on any atom is -0.459 e. The van der Waals surface area contributed by atoms with E-state index >= 15 is 0 Å². The van der Waals surface area contributed by atoms with Crippen molar-refractivity contribution in [3.8, 4) is 11.5 Å². The first kappa shape index (κ1) is 21.7. The zero-order chi connectivity index (χ0) is 22.5. The molecule has 0 atom stereocenters. The van der Waals surface area contributed by atoms with Crippen LogP contribution in [0.15, 0.2) is 65.7 Å². The lowest BCUT2D eigenvalue weighted by Crippen LogP contribution is -2.21. The van der Waals surface area contributed by atoms with Crippen molar-refractivity contribution in [2.45, 2.75) is 13.5 Å². The van der Waals surface area contributed by atoms with Crippen LogP contribution in [0.4, 0.5) is 0 Å². The molecule has 0 aliphatic carbocycles. The van der Waals surface area contributed by atoms with Gasteiger partial charge in [-0.15, -0.1) is 11.3 Å². The van der Waals surface area contributed by atoms with E-state index in [2.05, 4.69) is 4.98 Å². The van der Waals surface area contributed by atoms with Crippen molar-refractivity contribution in [3.63, 3.8) is 0 Å². The Morgan fingerprint density at radius 2 is 1.84 bits per heavy atom. The van der Waals surface area contributed by atoms with E-state index in [4.69, 9.17) is 14.2 Å². The van der Waals surface area contributed by atoms with Gasteiger partial charge in [-0.3, -0.25) is 9.36 Å². The molecule has 2 aromatic heterocycles. The highest BCUT2D eigenvalue weighted by Gasteiger charge is 2.20. The summed E-state index contributed by atoms with van der Waals surface area (Å²) in [6, 6.07) is 17.1. The second-order valence-corrected chi connectivity index (χ2v) is 8.10. The summed E-state index contributed by atoms with van der Waals surface area (Å²) in [4.78, 5) is 30.8. The first-order valence-corrected chi connectivity index (χ1v) is 10.8. The molecule has 164 valence electrons. The predicted octanol–water partition coefficient (Wildman–Crippen LogP) is 4.41. The molecule has 0 N–H and O–H groups in total. The molecule has 0 saturated heterocycles. The smallest absolute Gasteiger partial charge is 0.348 e. The van der Waals surface area contributed by atoms with Crippen molar-refractivity contribution < 1.29 is 19.0 Å². The number of benzene rings is 2. The monoisotopic (exact) mass is 450 g/mol. The summed E-state index contributed by atoms with van der Waals surface area (Å²) in [5, 5.41) is 0.438. The molecular formula is C24H22N2O5S. The number of thiophene rings is 1. The van der Waals surface area contributed by atoms with E-state index in [0.717, 1.165) is 22.6 Å². The van der Waals surface area contributed by atoms with E-state index in [1.165, 1.54) is 18.0 Å². The van der Waals surface area contributed by atoms with Crippen molar-refractivity contribution in [3.05, 3.63) is 87.3 Å². The fourth-order valence-electron chi connectivity index (χ4n) is 3.28. The highest BCUT2D eigenvalue weighted by atomic mass is 32.1. The number of ether oxygens (including phenoxy) is 3. The number of carbonyl (C=O) groups is 1. The van der Waals surface area contributed by atoms with Gasteiger partial charge >= 0.3 is 5.97 Å².